The van der Waals surface area contributed by atoms with Crippen LogP contribution in [0, 0.1) is 27.7 Å². The fourth-order valence-corrected chi connectivity index (χ4v) is 9.40. The van der Waals surface area contributed by atoms with Crippen LogP contribution in [0.4, 0.5) is 0 Å². The molecule has 0 spiro atoms. The van der Waals surface area contributed by atoms with Crippen LogP contribution in [0.1, 0.15) is 22.3 Å². The maximum Gasteiger partial charge on any atom is 0.254 e. The lowest BCUT2D eigenvalue weighted by atomic mass is 9.30. The molecule has 0 atom stereocenters. The quantitative estimate of drug-likeness (QED) is 0.179. The third kappa shape index (κ3) is 2.75. The minimum Gasteiger partial charge on any atom is -0.458 e. The zero-order chi connectivity index (χ0) is 29.9. The van der Waals surface area contributed by atoms with Crippen molar-refractivity contribution >= 4 is 66.5 Å². The van der Waals surface area contributed by atoms with Gasteiger partial charge in [-0.15, -0.1) is 0 Å². The van der Waals surface area contributed by atoms with E-state index in [0.717, 1.165) is 11.5 Å². The van der Waals surface area contributed by atoms with Gasteiger partial charge in [0.15, 0.2) is 0 Å². The molecular formula is C42H28BNO. The Balaban J connectivity index is 1.36. The molecule has 0 saturated carbocycles. The average molecular weight is 574 g/mol. The van der Waals surface area contributed by atoms with Crippen molar-refractivity contribution in [2.24, 2.45) is 0 Å². The summed E-state index contributed by atoms with van der Waals surface area (Å²) in [5.74, 6) is 1.96. The van der Waals surface area contributed by atoms with Gasteiger partial charge < -0.3 is 9.30 Å². The average Bonchev–Trinajstić information content (AvgIpc) is 3.36. The van der Waals surface area contributed by atoms with Gasteiger partial charge in [-0.3, -0.25) is 0 Å². The van der Waals surface area contributed by atoms with Gasteiger partial charge in [0.2, 0.25) is 0 Å². The molecular weight excluding hydrogens is 545 g/mol. The predicted molar refractivity (Wildman–Crippen MR) is 190 cm³/mol. The van der Waals surface area contributed by atoms with E-state index in [1.54, 1.807) is 0 Å². The summed E-state index contributed by atoms with van der Waals surface area (Å²) in [7, 11) is 0. The lowest BCUT2D eigenvalue weighted by molar-refractivity contribution is 0.488. The highest BCUT2D eigenvalue weighted by molar-refractivity contribution is 7.02. The monoisotopic (exact) mass is 573 g/mol. The van der Waals surface area contributed by atoms with E-state index in [0.29, 0.717) is 0 Å². The number of benzene rings is 7. The fourth-order valence-electron chi connectivity index (χ4n) is 9.40. The Morgan fingerprint density at radius 1 is 0.511 bits per heavy atom. The number of hydrogen-bond acceptors (Lipinski definition) is 1. The minimum atomic E-state index is 0.145. The molecule has 0 bridgehead atoms. The van der Waals surface area contributed by atoms with Gasteiger partial charge in [-0.2, -0.15) is 0 Å². The Labute approximate surface area is 261 Å². The molecule has 45 heavy (non-hydrogen) atoms. The summed E-state index contributed by atoms with van der Waals surface area (Å²) in [6.45, 7) is 9.09. The van der Waals surface area contributed by atoms with Crippen LogP contribution in [0.3, 0.4) is 0 Å². The van der Waals surface area contributed by atoms with Crippen molar-refractivity contribution in [3.63, 3.8) is 0 Å². The van der Waals surface area contributed by atoms with E-state index >= 15 is 0 Å². The molecule has 0 radical (unpaired) electrons. The highest BCUT2D eigenvalue weighted by Gasteiger charge is 2.44. The van der Waals surface area contributed by atoms with Crippen molar-refractivity contribution in [2.45, 2.75) is 27.7 Å². The van der Waals surface area contributed by atoms with Crippen LogP contribution in [0.15, 0.2) is 97.1 Å². The van der Waals surface area contributed by atoms with Gasteiger partial charge in [0.25, 0.3) is 6.71 Å². The van der Waals surface area contributed by atoms with Crippen LogP contribution in [0.2, 0.25) is 0 Å². The number of aryl methyl sites for hydroxylation is 4. The maximum absolute atomic E-state index is 7.04. The SMILES string of the molecule is Cc1cc(C)c2c(c1)c1cc(C)cc(C)c1n2-c1cc2c3c4c(cccc14)-c1cccc4c1B3c1c(ccc3cccc-4c13)O2. The van der Waals surface area contributed by atoms with Crippen LogP contribution < -0.4 is 21.1 Å². The van der Waals surface area contributed by atoms with Gasteiger partial charge in [0.1, 0.15) is 11.5 Å². The van der Waals surface area contributed by atoms with Crippen LogP contribution in [0.25, 0.3) is 71.3 Å². The first-order chi connectivity index (χ1) is 22.0. The Morgan fingerprint density at radius 3 is 1.82 bits per heavy atom. The third-order valence-electron chi connectivity index (χ3n) is 10.8. The molecule has 2 nitrogen and oxygen atoms in total. The van der Waals surface area contributed by atoms with Crippen molar-refractivity contribution in [2.75, 3.05) is 0 Å². The van der Waals surface area contributed by atoms with E-state index in [-0.39, 0.29) is 6.71 Å². The normalized spacial score (nSPS) is 13.5. The molecule has 8 aromatic rings. The molecule has 4 heterocycles. The third-order valence-corrected chi connectivity index (χ3v) is 10.8. The van der Waals surface area contributed by atoms with Crippen molar-refractivity contribution in [1.29, 1.82) is 0 Å². The first-order valence-corrected chi connectivity index (χ1v) is 16.0. The Hall–Kier alpha value is -5.28. The first-order valence-electron chi connectivity index (χ1n) is 16.0. The minimum absolute atomic E-state index is 0.145. The predicted octanol–water partition coefficient (Wildman–Crippen LogP) is 8.91. The molecule has 11 rings (SSSR count). The summed E-state index contributed by atoms with van der Waals surface area (Å²) < 4.78 is 9.58. The van der Waals surface area contributed by atoms with Crippen molar-refractivity contribution in [3.8, 4) is 39.4 Å². The molecule has 7 aromatic carbocycles. The van der Waals surface area contributed by atoms with Gasteiger partial charge in [-0.1, -0.05) is 89.4 Å². The summed E-state index contributed by atoms with van der Waals surface area (Å²) in [5, 5.41) is 7.85. The van der Waals surface area contributed by atoms with E-state index in [1.807, 2.05) is 0 Å². The summed E-state index contributed by atoms with van der Waals surface area (Å²) in [5.41, 5.74) is 18.3. The zero-order valence-electron chi connectivity index (χ0n) is 25.7. The standard InChI is InChI=1S/C42H28BNO/c1-21-16-23(3)41-31(18-21)32-19-22(2)17-24(4)42(32)44(41)33-20-35-40-37-27(10-6-13-30(33)37)29-12-7-11-28-26-9-5-8-25-14-15-34(45-35)39(36(25)26)43(40)38(28)29/h5-20H,1-4H3. The number of aromatic nitrogens is 1. The number of rotatable bonds is 1. The number of hydrogen-bond donors (Lipinski definition) is 0. The summed E-state index contributed by atoms with van der Waals surface area (Å²) >= 11 is 0. The van der Waals surface area contributed by atoms with Crippen molar-refractivity contribution in [1.82, 2.24) is 4.57 Å². The van der Waals surface area contributed by atoms with E-state index in [9.17, 15) is 0 Å². The summed E-state index contributed by atoms with van der Waals surface area (Å²) in [6, 6.07) is 36.7. The molecule has 0 saturated heterocycles. The molecule has 0 aliphatic carbocycles. The molecule has 0 amide bonds. The lowest BCUT2D eigenvalue weighted by Crippen LogP contribution is -2.59. The number of nitrogens with zero attached hydrogens (tertiary/aromatic N) is 1. The Morgan fingerprint density at radius 2 is 1.11 bits per heavy atom. The van der Waals surface area contributed by atoms with Gasteiger partial charge in [0.05, 0.1) is 16.7 Å². The highest BCUT2D eigenvalue weighted by atomic mass is 16.5. The summed E-state index contributed by atoms with van der Waals surface area (Å²) in [4.78, 5) is 0. The van der Waals surface area contributed by atoms with Crippen LogP contribution >= 0.6 is 0 Å². The molecule has 0 N–H and O–H groups in total. The van der Waals surface area contributed by atoms with Gasteiger partial charge in [0, 0.05) is 22.2 Å². The second-order valence-corrected chi connectivity index (χ2v) is 13.5. The molecule has 1 aromatic heterocycles. The maximum atomic E-state index is 7.04. The molecule has 3 heteroatoms. The Bertz CT molecular complexity index is 2660. The zero-order valence-corrected chi connectivity index (χ0v) is 25.7. The topological polar surface area (TPSA) is 14.2 Å². The second kappa shape index (κ2) is 7.86. The first kappa shape index (κ1) is 24.1. The van der Waals surface area contributed by atoms with Gasteiger partial charge in [-0.05, 0) is 106 Å². The van der Waals surface area contributed by atoms with Crippen LogP contribution in [-0.2, 0) is 0 Å². The second-order valence-electron chi connectivity index (χ2n) is 13.5. The molecule has 3 aliphatic rings. The molecule has 210 valence electrons. The number of fused-ring (bicyclic) bond motifs is 5. The van der Waals surface area contributed by atoms with Crippen molar-refractivity contribution in [3.05, 3.63) is 119 Å². The van der Waals surface area contributed by atoms with Crippen LogP contribution in [0.5, 0.6) is 11.5 Å². The fraction of sp³-hybridized carbons (Fsp3) is 0.0952. The Kier molecular flexibility index (Phi) is 4.21. The smallest absolute Gasteiger partial charge is 0.254 e. The molecule has 0 fully saturated rings. The molecule has 3 aliphatic heterocycles. The highest BCUT2D eigenvalue weighted by Crippen LogP contribution is 2.47. The van der Waals surface area contributed by atoms with E-state index in [1.165, 1.54) is 110 Å². The van der Waals surface area contributed by atoms with Gasteiger partial charge in [-0.25, -0.2) is 0 Å². The lowest BCUT2D eigenvalue weighted by Gasteiger charge is -2.38. The van der Waals surface area contributed by atoms with E-state index < -0.39 is 0 Å². The van der Waals surface area contributed by atoms with E-state index in [2.05, 4.69) is 129 Å². The summed E-state index contributed by atoms with van der Waals surface area (Å²) in [6.07, 6.45) is 0. The van der Waals surface area contributed by atoms with Gasteiger partial charge >= 0.3 is 0 Å². The van der Waals surface area contributed by atoms with Crippen LogP contribution in [-0.4, -0.2) is 11.3 Å². The number of ether oxygens (including phenoxy) is 1. The largest absolute Gasteiger partial charge is 0.458 e. The van der Waals surface area contributed by atoms with Crippen molar-refractivity contribution < 1.29 is 4.74 Å². The molecule has 0 unspecified atom stereocenters. The van der Waals surface area contributed by atoms with E-state index in [4.69, 9.17) is 4.74 Å².